The van der Waals surface area contributed by atoms with Gasteiger partial charge in [0.25, 0.3) is 0 Å². The van der Waals surface area contributed by atoms with Gasteiger partial charge in [0.2, 0.25) is 0 Å². The maximum absolute atomic E-state index is 3.39. The van der Waals surface area contributed by atoms with Gasteiger partial charge in [0.05, 0.1) is 16.5 Å². The maximum atomic E-state index is 3.39. The van der Waals surface area contributed by atoms with Crippen molar-refractivity contribution < 1.29 is 0 Å². The first-order valence-electron chi connectivity index (χ1n) is 3.39. The molecule has 0 bridgehead atoms. The minimum absolute atomic E-state index is 1.07. The quantitative estimate of drug-likeness (QED) is 0.399. The van der Waals surface area contributed by atoms with Crippen LogP contribution in [-0.4, -0.2) is 0 Å². The fourth-order valence-corrected chi connectivity index (χ4v) is 5.26. The smallest absolute Gasteiger partial charge is 0.0864 e. The molecular weight excluding hydrogens is 480 g/mol. The molecule has 6 heteroatoms. The predicted molar refractivity (Wildman–Crippen MR) is 79.4 cm³/mol. The molecule has 0 radical (unpaired) electrons. The van der Waals surface area contributed by atoms with Gasteiger partial charge in [-0.15, -0.1) is 11.3 Å². The van der Waals surface area contributed by atoms with E-state index in [-0.39, 0.29) is 0 Å². The van der Waals surface area contributed by atoms with Crippen molar-refractivity contribution in [3.8, 4) is 0 Å². The summed E-state index contributed by atoms with van der Waals surface area (Å²) in [6.45, 7) is 0. The van der Waals surface area contributed by atoms with Crippen molar-refractivity contribution in [1.29, 1.82) is 0 Å². The zero-order valence-electron chi connectivity index (χ0n) is 6.64. The van der Waals surface area contributed by atoms with E-state index in [1.54, 1.807) is 22.7 Å². The summed E-state index contributed by atoms with van der Waals surface area (Å²) in [7, 11) is 0. The summed E-state index contributed by atoms with van der Waals surface area (Å²) in [4.78, 5) is 0. The molecule has 0 aliphatic rings. The van der Waals surface area contributed by atoms with Gasteiger partial charge in [-0.1, -0.05) is 12.1 Å². The highest BCUT2D eigenvalue weighted by atomic mass is 79.9. The summed E-state index contributed by atoms with van der Waals surface area (Å²) >= 11 is 16.9. The van der Waals surface area contributed by atoms with Crippen LogP contribution in [0, 0.1) is 0 Å². The van der Waals surface area contributed by atoms with Crippen LogP contribution in [0.2, 0.25) is 0 Å². The molecule has 0 unspecified atom stereocenters. The number of hydrogen-bond donors (Lipinski definition) is 0. The second-order valence-electron chi connectivity index (χ2n) is 2.07. The second kappa shape index (κ2) is 6.81. The first-order chi connectivity index (χ1) is 6.63. The Balaban J connectivity index is 0.000000165. The molecule has 76 valence electrons. The molecule has 0 aromatic carbocycles. The Morgan fingerprint density at radius 1 is 0.786 bits per heavy atom. The fourth-order valence-electron chi connectivity index (χ4n) is 0.568. The van der Waals surface area contributed by atoms with Gasteiger partial charge in [0.1, 0.15) is 0 Å². The van der Waals surface area contributed by atoms with Gasteiger partial charge in [-0.05, 0) is 74.5 Å². The van der Waals surface area contributed by atoms with Crippen LogP contribution in [0.3, 0.4) is 0 Å². The van der Waals surface area contributed by atoms with Crippen molar-refractivity contribution in [2.24, 2.45) is 0 Å². The first-order valence-corrected chi connectivity index (χ1v) is 8.32. The van der Waals surface area contributed by atoms with Crippen LogP contribution in [0.5, 0.6) is 0 Å². The van der Waals surface area contributed by atoms with Crippen molar-refractivity contribution in [2.75, 3.05) is 0 Å². The van der Waals surface area contributed by atoms with Gasteiger partial charge in [0, 0.05) is 0 Å². The highest BCUT2D eigenvalue weighted by Gasteiger charge is 2.08. The van der Waals surface area contributed by atoms with Crippen molar-refractivity contribution in [2.45, 2.75) is 0 Å². The highest BCUT2D eigenvalue weighted by Crippen LogP contribution is 2.43. The number of thiophene rings is 2. The Morgan fingerprint density at radius 3 is 1.36 bits per heavy atom. The fraction of sp³-hybridized carbons (Fsp3) is 0. The SMILES string of the molecule is Brc1sc(Br)c(Br)c1Br.c1ccsc1. The molecule has 0 amide bonds. The topological polar surface area (TPSA) is 0 Å². The average molecular weight is 484 g/mol. The molecule has 0 aliphatic heterocycles. The minimum atomic E-state index is 1.07. The zero-order valence-corrected chi connectivity index (χ0v) is 14.6. The number of halogens is 4. The van der Waals surface area contributed by atoms with E-state index < -0.39 is 0 Å². The normalized spacial score (nSPS) is 9.43. The van der Waals surface area contributed by atoms with E-state index in [2.05, 4.69) is 63.7 Å². The van der Waals surface area contributed by atoms with E-state index in [0.717, 1.165) is 16.5 Å². The molecule has 14 heavy (non-hydrogen) atoms. The Bertz CT molecular complexity index is 340. The molecule has 0 nitrogen and oxygen atoms in total. The molecule has 0 aliphatic carbocycles. The molecule has 0 fully saturated rings. The Labute approximate surface area is 124 Å². The lowest BCUT2D eigenvalue weighted by atomic mass is 10.7. The van der Waals surface area contributed by atoms with Gasteiger partial charge in [-0.3, -0.25) is 0 Å². The summed E-state index contributed by atoms with van der Waals surface area (Å²) in [5, 5.41) is 4.08. The average Bonchev–Trinajstić information content (AvgIpc) is 2.78. The summed E-state index contributed by atoms with van der Waals surface area (Å²) in [5.74, 6) is 0. The van der Waals surface area contributed by atoms with Crippen LogP contribution < -0.4 is 0 Å². The predicted octanol–water partition coefficient (Wildman–Crippen LogP) is 6.55. The molecule has 2 rings (SSSR count). The van der Waals surface area contributed by atoms with Crippen LogP contribution in [0.15, 0.2) is 39.4 Å². The molecule has 0 N–H and O–H groups in total. The standard InChI is InChI=1S/C4Br4S.C4H4S/c5-1-2(6)4(8)9-3(1)7;1-2-4-5-3-1/h;1-4H. The summed E-state index contributed by atoms with van der Waals surface area (Å²) in [6.07, 6.45) is 0. The molecule has 2 heterocycles. The minimum Gasteiger partial charge on any atom is -0.152 e. The molecule has 2 aromatic rings. The lowest BCUT2D eigenvalue weighted by Gasteiger charge is -1.82. The van der Waals surface area contributed by atoms with Gasteiger partial charge in [-0.25, -0.2) is 0 Å². The van der Waals surface area contributed by atoms with Crippen LogP contribution >= 0.6 is 86.4 Å². The molecule has 0 saturated heterocycles. The van der Waals surface area contributed by atoms with E-state index in [0.29, 0.717) is 0 Å². The molecule has 0 spiro atoms. The Morgan fingerprint density at radius 2 is 1.21 bits per heavy atom. The first kappa shape index (κ1) is 13.4. The summed E-state index contributed by atoms with van der Waals surface area (Å²) in [6, 6.07) is 4.04. The third kappa shape index (κ3) is 4.06. The molecular formula is C8H4Br4S2. The maximum Gasteiger partial charge on any atom is 0.0864 e. The lowest BCUT2D eigenvalue weighted by Crippen LogP contribution is -1.54. The van der Waals surface area contributed by atoms with E-state index in [1.165, 1.54) is 0 Å². The Kier molecular flexibility index (Phi) is 6.51. The van der Waals surface area contributed by atoms with Gasteiger partial charge in [-0.2, -0.15) is 11.3 Å². The Hall–Kier alpha value is 1.32. The van der Waals surface area contributed by atoms with Gasteiger partial charge in [0.15, 0.2) is 0 Å². The van der Waals surface area contributed by atoms with Crippen LogP contribution in [0.1, 0.15) is 0 Å². The molecule has 2 aromatic heterocycles. The van der Waals surface area contributed by atoms with E-state index in [1.807, 2.05) is 22.9 Å². The molecule has 0 saturated carbocycles. The largest absolute Gasteiger partial charge is 0.152 e. The molecule has 0 atom stereocenters. The summed E-state index contributed by atoms with van der Waals surface area (Å²) in [5.41, 5.74) is 0. The number of rotatable bonds is 0. The van der Waals surface area contributed by atoms with Crippen molar-refractivity contribution in [3.63, 3.8) is 0 Å². The van der Waals surface area contributed by atoms with Gasteiger partial charge >= 0.3 is 0 Å². The second-order valence-corrected chi connectivity index (χ2v) is 8.13. The van der Waals surface area contributed by atoms with Crippen molar-refractivity contribution >= 4 is 86.4 Å². The van der Waals surface area contributed by atoms with Crippen LogP contribution in [0.25, 0.3) is 0 Å². The zero-order chi connectivity index (χ0) is 10.6. The monoisotopic (exact) mass is 480 g/mol. The van der Waals surface area contributed by atoms with Crippen molar-refractivity contribution in [1.82, 2.24) is 0 Å². The van der Waals surface area contributed by atoms with Crippen LogP contribution in [-0.2, 0) is 0 Å². The van der Waals surface area contributed by atoms with E-state index >= 15 is 0 Å². The highest BCUT2D eigenvalue weighted by molar-refractivity contribution is 9.16. The number of hydrogen-bond acceptors (Lipinski definition) is 2. The van der Waals surface area contributed by atoms with Crippen molar-refractivity contribution in [3.05, 3.63) is 39.4 Å². The third-order valence-electron chi connectivity index (χ3n) is 1.14. The van der Waals surface area contributed by atoms with Crippen LogP contribution in [0.4, 0.5) is 0 Å². The van der Waals surface area contributed by atoms with E-state index in [4.69, 9.17) is 0 Å². The third-order valence-corrected chi connectivity index (χ3v) is 8.01. The van der Waals surface area contributed by atoms with E-state index in [9.17, 15) is 0 Å². The summed E-state index contributed by atoms with van der Waals surface area (Å²) < 4.78 is 4.33. The van der Waals surface area contributed by atoms with Gasteiger partial charge < -0.3 is 0 Å². The lowest BCUT2D eigenvalue weighted by molar-refractivity contribution is 1.72.